The van der Waals surface area contributed by atoms with Crippen LogP contribution in [0.25, 0.3) is 11.3 Å². The van der Waals surface area contributed by atoms with Crippen molar-refractivity contribution in [1.29, 1.82) is 0 Å². The number of aromatic nitrogens is 1. The molecule has 2 saturated carbocycles. The number of fused-ring (bicyclic) bond motifs is 4. The maximum absolute atomic E-state index is 14.7. The van der Waals surface area contributed by atoms with Crippen LogP contribution >= 0.6 is 11.3 Å². The number of carbonyl (C=O) groups excluding carboxylic acids is 5. The first-order chi connectivity index (χ1) is 27.5. The number of benzene rings is 2. The number of methoxy groups -OCH3 is 1. The average molecular weight is 814 g/mol. The minimum atomic E-state index is -3.90. The largest absolute Gasteiger partial charge is 0.497 e. The second-order valence-corrected chi connectivity index (χ2v) is 18.9. The number of nitrogens with one attached hydrogen (secondary N) is 2. The van der Waals surface area contributed by atoms with Crippen molar-refractivity contribution in [1.82, 2.24) is 24.8 Å². The van der Waals surface area contributed by atoms with E-state index in [0.717, 1.165) is 18.4 Å². The lowest BCUT2D eigenvalue weighted by Gasteiger charge is -2.32. The SMILES string of the molecule is COc1ccc(-c2csc(C(=O)N3C[C@H]4CN5C(=O)[C@@H](CC(=O)c6ccccc6)CCCCC/C=C\[C@@H]6C[C@@]6(C(=O)NS(=O)(=O)C6CC6)NC(=O)[C@@H]5[C@H]4C3)n2)cc1. The standard InChI is InChI=1S/C42H47N5O8S2/c1-55-31-16-14-26(15-17-31)34-25-56-38(43-34)40(51)46-22-29-23-47-36(33(29)24-46)37(49)44-42(41(52)45-57(53,54)32-18-19-32)21-30(42)13-9-4-2-3-6-12-28(39(47)50)20-35(48)27-10-7-5-8-11-27/h5,7-11,13-17,25,28-30,32-33,36H,2-4,6,12,18-24H2,1H3,(H,44,49)(H,45,52)/b13-9-/t28-,29+,30-,33+,36+,42-/m1/s1. The molecule has 2 saturated heterocycles. The fourth-order valence-corrected chi connectivity index (χ4v) is 10.9. The predicted octanol–water partition coefficient (Wildman–Crippen LogP) is 4.61. The van der Waals surface area contributed by atoms with Crippen molar-refractivity contribution >= 4 is 50.8 Å². The van der Waals surface area contributed by atoms with Crippen LogP contribution in [-0.2, 0) is 24.4 Å². The third kappa shape index (κ3) is 8.00. The summed E-state index contributed by atoms with van der Waals surface area (Å²) in [6.07, 6.45) is 8.57. The van der Waals surface area contributed by atoms with Gasteiger partial charge in [0.1, 0.15) is 17.3 Å². The van der Waals surface area contributed by atoms with Gasteiger partial charge in [-0.3, -0.25) is 28.7 Å². The summed E-state index contributed by atoms with van der Waals surface area (Å²) in [4.78, 5) is 78.7. The molecule has 2 aliphatic carbocycles. The molecule has 3 aliphatic heterocycles. The molecule has 5 aliphatic rings. The highest BCUT2D eigenvalue weighted by Crippen LogP contribution is 2.47. The Balaban J connectivity index is 1.07. The Morgan fingerprint density at radius 2 is 1.75 bits per heavy atom. The number of ketones is 1. The van der Waals surface area contributed by atoms with Crippen molar-refractivity contribution < 1.29 is 37.1 Å². The van der Waals surface area contributed by atoms with Gasteiger partial charge in [0.2, 0.25) is 21.8 Å². The molecule has 8 rings (SSSR count). The van der Waals surface area contributed by atoms with Gasteiger partial charge in [-0.05, 0) is 62.8 Å². The van der Waals surface area contributed by atoms with E-state index in [1.807, 2.05) is 47.9 Å². The van der Waals surface area contributed by atoms with Crippen molar-refractivity contribution in [3.05, 3.63) is 82.7 Å². The van der Waals surface area contributed by atoms with Gasteiger partial charge in [-0.25, -0.2) is 13.4 Å². The molecule has 4 heterocycles. The number of nitrogens with zero attached hydrogens (tertiary/aromatic N) is 3. The summed E-state index contributed by atoms with van der Waals surface area (Å²) in [7, 11) is -2.31. The number of carbonyl (C=O) groups is 5. The smallest absolute Gasteiger partial charge is 0.282 e. The number of hydrogen-bond acceptors (Lipinski definition) is 10. The molecule has 57 heavy (non-hydrogen) atoms. The van der Waals surface area contributed by atoms with Gasteiger partial charge < -0.3 is 19.9 Å². The molecule has 6 atom stereocenters. The topological polar surface area (TPSA) is 172 Å². The number of allylic oxidation sites excluding steroid dienone is 1. The molecule has 0 radical (unpaired) electrons. The van der Waals surface area contributed by atoms with Crippen LogP contribution in [0.2, 0.25) is 0 Å². The van der Waals surface area contributed by atoms with Gasteiger partial charge in [-0.1, -0.05) is 55.3 Å². The lowest BCUT2D eigenvalue weighted by molar-refractivity contribution is -0.143. The van der Waals surface area contributed by atoms with Gasteiger partial charge in [0.05, 0.1) is 18.1 Å². The summed E-state index contributed by atoms with van der Waals surface area (Å²) >= 11 is 1.24. The van der Waals surface area contributed by atoms with E-state index in [2.05, 4.69) is 15.0 Å². The molecule has 3 aromatic rings. The van der Waals surface area contributed by atoms with Crippen LogP contribution in [0.3, 0.4) is 0 Å². The first kappa shape index (κ1) is 39.0. The highest BCUT2D eigenvalue weighted by atomic mass is 32.2. The molecular formula is C42H47N5O8S2. The molecule has 300 valence electrons. The van der Waals surface area contributed by atoms with Crippen molar-refractivity contribution in [2.75, 3.05) is 26.7 Å². The quantitative estimate of drug-likeness (QED) is 0.231. The van der Waals surface area contributed by atoms with Crippen LogP contribution < -0.4 is 14.8 Å². The van der Waals surface area contributed by atoms with Crippen LogP contribution in [0, 0.1) is 23.7 Å². The Kier molecular flexibility index (Phi) is 10.8. The van der Waals surface area contributed by atoms with Gasteiger partial charge in [0.25, 0.3) is 11.8 Å². The number of thiazole rings is 1. The normalized spacial score (nSPS) is 28.2. The molecule has 4 amide bonds. The summed E-state index contributed by atoms with van der Waals surface area (Å²) in [5, 5.41) is 4.46. The first-order valence-corrected chi connectivity index (χ1v) is 22.2. The number of likely N-dealkylation sites (tertiary alicyclic amines) is 1. The Bertz CT molecular complexity index is 2190. The Morgan fingerprint density at radius 3 is 2.49 bits per heavy atom. The summed E-state index contributed by atoms with van der Waals surface area (Å²) in [6.45, 7) is 0.655. The molecule has 2 N–H and O–H groups in total. The van der Waals surface area contributed by atoms with Crippen molar-refractivity contribution in [3.63, 3.8) is 0 Å². The Labute approximate surface area is 336 Å². The van der Waals surface area contributed by atoms with Crippen LogP contribution in [0.5, 0.6) is 5.75 Å². The van der Waals surface area contributed by atoms with E-state index in [0.29, 0.717) is 60.7 Å². The van der Waals surface area contributed by atoms with E-state index < -0.39 is 56.4 Å². The molecule has 0 bridgehead atoms. The third-order valence-electron chi connectivity index (χ3n) is 12.2. The molecular weight excluding hydrogens is 767 g/mol. The molecule has 15 heteroatoms. The van der Waals surface area contributed by atoms with Gasteiger partial charge in [-0.15, -0.1) is 11.3 Å². The highest BCUT2D eigenvalue weighted by Gasteiger charge is 2.63. The van der Waals surface area contributed by atoms with E-state index in [-0.39, 0.29) is 49.4 Å². The van der Waals surface area contributed by atoms with E-state index in [4.69, 9.17) is 4.74 Å². The van der Waals surface area contributed by atoms with Crippen LogP contribution in [0.15, 0.2) is 72.1 Å². The van der Waals surface area contributed by atoms with E-state index in [1.54, 1.807) is 41.2 Å². The zero-order valence-electron chi connectivity index (χ0n) is 31.8. The molecule has 1 aromatic heterocycles. The Hall–Kier alpha value is -4.89. The van der Waals surface area contributed by atoms with Gasteiger partial charge >= 0.3 is 0 Å². The molecule has 4 fully saturated rings. The van der Waals surface area contributed by atoms with Crippen molar-refractivity contribution in [2.45, 2.75) is 74.6 Å². The summed E-state index contributed by atoms with van der Waals surface area (Å²) in [5.41, 5.74) is 0.499. The summed E-state index contributed by atoms with van der Waals surface area (Å²) in [5.74, 6) is -3.20. The van der Waals surface area contributed by atoms with Gasteiger partial charge in [-0.2, -0.15) is 0 Å². The number of Topliss-reactive ketones (excluding diaryl/α,β-unsaturated/α-hetero) is 1. The van der Waals surface area contributed by atoms with E-state index >= 15 is 0 Å². The molecule has 13 nitrogen and oxygen atoms in total. The number of sulfonamides is 1. The van der Waals surface area contributed by atoms with Crippen LogP contribution in [0.1, 0.15) is 77.9 Å². The maximum atomic E-state index is 14.7. The van der Waals surface area contributed by atoms with Crippen LogP contribution in [0.4, 0.5) is 0 Å². The monoisotopic (exact) mass is 813 g/mol. The Morgan fingerprint density at radius 1 is 0.982 bits per heavy atom. The van der Waals surface area contributed by atoms with Crippen molar-refractivity contribution in [3.8, 4) is 17.0 Å². The number of hydrogen-bond donors (Lipinski definition) is 2. The predicted molar refractivity (Wildman–Crippen MR) is 213 cm³/mol. The average Bonchev–Trinajstić information content (AvgIpc) is 4.03. The van der Waals surface area contributed by atoms with Gasteiger partial charge in [0.15, 0.2) is 10.8 Å². The minimum absolute atomic E-state index is 0.0123. The molecule has 0 spiro atoms. The third-order valence-corrected chi connectivity index (χ3v) is 14.9. The fraction of sp³-hybridized carbons (Fsp3) is 0.476. The van der Waals surface area contributed by atoms with Gasteiger partial charge in [0, 0.05) is 66.2 Å². The zero-order valence-corrected chi connectivity index (χ0v) is 33.4. The fourth-order valence-electron chi connectivity index (χ4n) is 8.74. The number of rotatable bonds is 9. The lowest BCUT2D eigenvalue weighted by atomic mass is 9.90. The molecule has 0 unspecified atom stereocenters. The van der Waals surface area contributed by atoms with E-state index in [9.17, 15) is 32.4 Å². The number of ether oxygens (including phenoxy) is 1. The summed E-state index contributed by atoms with van der Waals surface area (Å²) < 4.78 is 33.4. The highest BCUT2D eigenvalue weighted by molar-refractivity contribution is 7.91. The lowest BCUT2D eigenvalue weighted by Crippen LogP contribution is -2.58. The second-order valence-electron chi connectivity index (χ2n) is 16.0. The van der Waals surface area contributed by atoms with Crippen molar-refractivity contribution in [2.24, 2.45) is 23.7 Å². The first-order valence-electron chi connectivity index (χ1n) is 19.8. The van der Waals surface area contributed by atoms with E-state index in [1.165, 1.54) is 11.3 Å². The number of amides is 4. The minimum Gasteiger partial charge on any atom is -0.497 e. The van der Waals surface area contributed by atoms with Crippen LogP contribution in [-0.4, -0.2) is 96.2 Å². The second kappa shape index (κ2) is 15.8. The zero-order chi connectivity index (χ0) is 39.9. The summed E-state index contributed by atoms with van der Waals surface area (Å²) in [6, 6.07) is 15.2. The molecule has 2 aromatic carbocycles. The maximum Gasteiger partial charge on any atom is 0.282 e.